The standard InChI is InChI=1S/C21H19ClN2O3/c22-17-9-15(20(25)19-16(17)7-4-8-24-19)11-21(23,18-12-26-13-27-18)10-14-5-2-1-3-6-14/h1-9,12,25H,10-11,13,23H2. The van der Waals surface area contributed by atoms with Crippen LogP contribution in [0, 0.1) is 0 Å². The molecule has 1 aromatic heterocycles. The van der Waals surface area contributed by atoms with Crippen molar-refractivity contribution < 1.29 is 14.6 Å². The Morgan fingerprint density at radius 3 is 2.70 bits per heavy atom. The number of benzene rings is 2. The van der Waals surface area contributed by atoms with Gasteiger partial charge in [0.25, 0.3) is 0 Å². The number of aromatic hydroxyl groups is 1. The molecule has 3 aromatic rings. The van der Waals surface area contributed by atoms with Gasteiger partial charge >= 0.3 is 0 Å². The van der Waals surface area contributed by atoms with Gasteiger partial charge in [-0.1, -0.05) is 41.9 Å². The molecule has 3 N–H and O–H groups in total. The molecule has 4 rings (SSSR count). The van der Waals surface area contributed by atoms with Crippen molar-refractivity contribution >= 4 is 22.5 Å². The molecule has 0 aliphatic carbocycles. The lowest BCUT2D eigenvalue weighted by molar-refractivity contribution is 0.0665. The fourth-order valence-electron chi connectivity index (χ4n) is 3.41. The molecule has 5 nitrogen and oxygen atoms in total. The van der Waals surface area contributed by atoms with Crippen LogP contribution in [0.25, 0.3) is 10.9 Å². The predicted molar refractivity (Wildman–Crippen MR) is 104 cm³/mol. The molecule has 2 heterocycles. The van der Waals surface area contributed by atoms with Crippen LogP contribution in [0.3, 0.4) is 0 Å². The summed E-state index contributed by atoms with van der Waals surface area (Å²) in [5.41, 5.74) is 8.01. The number of hydrogen-bond acceptors (Lipinski definition) is 5. The Bertz CT molecular complexity index is 1010. The van der Waals surface area contributed by atoms with Gasteiger partial charge in [-0.3, -0.25) is 4.98 Å². The third kappa shape index (κ3) is 3.44. The van der Waals surface area contributed by atoms with E-state index < -0.39 is 5.54 Å². The minimum absolute atomic E-state index is 0.0809. The number of fused-ring (bicyclic) bond motifs is 1. The van der Waals surface area contributed by atoms with E-state index in [4.69, 9.17) is 26.8 Å². The van der Waals surface area contributed by atoms with Crippen LogP contribution < -0.4 is 5.73 Å². The summed E-state index contributed by atoms with van der Waals surface area (Å²) in [7, 11) is 0. The normalized spacial score (nSPS) is 15.7. The van der Waals surface area contributed by atoms with Crippen molar-refractivity contribution in [3.8, 4) is 5.75 Å². The Morgan fingerprint density at radius 2 is 1.96 bits per heavy atom. The minimum atomic E-state index is -0.902. The third-order valence-corrected chi connectivity index (χ3v) is 5.04. The number of nitrogens with two attached hydrogens (primary N) is 1. The second-order valence-electron chi connectivity index (χ2n) is 6.67. The maximum atomic E-state index is 10.8. The number of ether oxygens (including phenoxy) is 2. The highest BCUT2D eigenvalue weighted by molar-refractivity contribution is 6.35. The average molecular weight is 383 g/mol. The Balaban J connectivity index is 1.76. The van der Waals surface area contributed by atoms with Crippen LogP contribution in [-0.2, 0) is 22.3 Å². The van der Waals surface area contributed by atoms with Crippen molar-refractivity contribution in [2.75, 3.05) is 6.79 Å². The maximum absolute atomic E-state index is 10.8. The van der Waals surface area contributed by atoms with Crippen molar-refractivity contribution in [1.82, 2.24) is 4.98 Å². The van der Waals surface area contributed by atoms with Crippen LogP contribution in [0.15, 0.2) is 66.7 Å². The number of phenolic OH excluding ortho intramolecular Hbond substituents is 1. The summed E-state index contributed by atoms with van der Waals surface area (Å²) in [5, 5.41) is 12.0. The molecular formula is C21H19ClN2O3. The highest BCUT2D eigenvalue weighted by atomic mass is 35.5. The molecule has 1 aliphatic heterocycles. The maximum Gasteiger partial charge on any atom is 0.229 e. The highest BCUT2D eigenvalue weighted by Gasteiger charge is 2.36. The van der Waals surface area contributed by atoms with Gasteiger partial charge < -0.3 is 20.3 Å². The molecule has 1 unspecified atom stereocenters. The van der Waals surface area contributed by atoms with Gasteiger partial charge in [-0.2, -0.15) is 0 Å². The van der Waals surface area contributed by atoms with E-state index in [0.717, 1.165) is 5.56 Å². The second-order valence-corrected chi connectivity index (χ2v) is 7.08. The lowest BCUT2D eigenvalue weighted by Crippen LogP contribution is -2.46. The van der Waals surface area contributed by atoms with Crippen molar-refractivity contribution in [3.63, 3.8) is 0 Å². The fraction of sp³-hybridized carbons (Fsp3) is 0.190. The molecule has 1 atom stereocenters. The van der Waals surface area contributed by atoms with Crippen LogP contribution in [0.4, 0.5) is 0 Å². The van der Waals surface area contributed by atoms with Gasteiger partial charge in [-0.05, 0) is 35.7 Å². The number of nitrogens with zero attached hydrogens (tertiary/aromatic N) is 1. The van der Waals surface area contributed by atoms with E-state index in [1.807, 2.05) is 36.4 Å². The lowest BCUT2D eigenvalue weighted by atomic mass is 9.83. The largest absolute Gasteiger partial charge is 0.505 e. The summed E-state index contributed by atoms with van der Waals surface area (Å²) in [4.78, 5) is 4.27. The Morgan fingerprint density at radius 1 is 1.15 bits per heavy atom. The minimum Gasteiger partial charge on any atom is -0.505 e. The summed E-state index contributed by atoms with van der Waals surface area (Å²) >= 11 is 6.42. The van der Waals surface area contributed by atoms with Gasteiger partial charge in [-0.25, -0.2) is 0 Å². The van der Waals surface area contributed by atoms with Gasteiger partial charge in [0, 0.05) is 18.0 Å². The molecular weight excluding hydrogens is 364 g/mol. The molecule has 0 saturated carbocycles. The summed E-state index contributed by atoms with van der Waals surface area (Å²) in [6, 6.07) is 15.2. The zero-order valence-electron chi connectivity index (χ0n) is 14.6. The van der Waals surface area contributed by atoms with Crippen LogP contribution in [0.2, 0.25) is 5.02 Å². The monoisotopic (exact) mass is 382 g/mol. The molecule has 2 aromatic carbocycles. The van der Waals surface area contributed by atoms with Crippen molar-refractivity contribution in [2.24, 2.45) is 5.73 Å². The SMILES string of the molecule is NC(Cc1ccccc1)(Cc1cc(Cl)c2cccnc2c1O)C1=COCO1. The zero-order valence-corrected chi connectivity index (χ0v) is 15.3. The number of halogens is 1. The topological polar surface area (TPSA) is 77.6 Å². The predicted octanol–water partition coefficient (Wildman–Crippen LogP) is 3.92. The first-order chi connectivity index (χ1) is 13.1. The van der Waals surface area contributed by atoms with Crippen LogP contribution in [0.5, 0.6) is 5.75 Å². The van der Waals surface area contributed by atoms with E-state index in [1.54, 1.807) is 24.6 Å². The summed E-state index contributed by atoms with van der Waals surface area (Å²) in [6.45, 7) is 0.134. The molecule has 6 heteroatoms. The van der Waals surface area contributed by atoms with E-state index in [0.29, 0.717) is 40.1 Å². The molecule has 0 fully saturated rings. The Labute approximate surface area is 162 Å². The lowest BCUT2D eigenvalue weighted by Gasteiger charge is -2.30. The number of phenols is 1. The van der Waals surface area contributed by atoms with E-state index >= 15 is 0 Å². The molecule has 0 bridgehead atoms. The van der Waals surface area contributed by atoms with Crippen LogP contribution in [-0.4, -0.2) is 22.4 Å². The van der Waals surface area contributed by atoms with E-state index in [2.05, 4.69) is 4.98 Å². The van der Waals surface area contributed by atoms with Gasteiger partial charge in [0.05, 0.1) is 10.6 Å². The first-order valence-corrected chi connectivity index (χ1v) is 8.97. The second kappa shape index (κ2) is 7.10. The molecule has 0 radical (unpaired) electrons. The molecule has 0 saturated heterocycles. The van der Waals surface area contributed by atoms with E-state index in [1.165, 1.54) is 0 Å². The van der Waals surface area contributed by atoms with Gasteiger partial charge in [-0.15, -0.1) is 0 Å². The first-order valence-electron chi connectivity index (χ1n) is 8.60. The van der Waals surface area contributed by atoms with Gasteiger partial charge in [0.15, 0.2) is 5.76 Å². The molecule has 1 aliphatic rings. The summed E-state index contributed by atoms with van der Waals surface area (Å²) in [5.74, 6) is 0.625. The van der Waals surface area contributed by atoms with Crippen molar-refractivity contribution in [2.45, 2.75) is 18.4 Å². The quantitative estimate of drug-likeness (QED) is 0.699. The number of hydrogen-bond donors (Lipinski definition) is 2. The molecule has 27 heavy (non-hydrogen) atoms. The number of rotatable bonds is 5. The van der Waals surface area contributed by atoms with Crippen molar-refractivity contribution in [3.05, 3.63) is 82.9 Å². The Kier molecular flexibility index (Phi) is 4.64. The highest BCUT2D eigenvalue weighted by Crippen LogP contribution is 2.37. The Hall–Kier alpha value is -2.76. The van der Waals surface area contributed by atoms with Gasteiger partial charge in [0.2, 0.25) is 6.79 Å². The third-order valence-electron chi connectivity index (χ3n) is 4.73. The number of aromatic nitrogens is 1. The number of pyridine rings is 1. The van der Waals surface area contributed by atoms with Crippen LogP contribution >= 0.6 is 11.6 Å². The van der Waals surface area contributed by atoms with Crippen molar-refractivity contribution in [1.29, 1.82) is 0 Å². The molecule has 138 valence electrons. The molecule has 0 spiro atoms. The smallest absolute Gasteiger partial charge is 0.229 e. The van der Waals surface area contributed by atoms with E-state index in [-0.39, 0.29) is 12.5 Å². The summed E-state index contributed by atoms with van der Waals surface area (Å²) < 4.78 is 10.8. The fourth-order valence-corrected chi connectivity index (χ4v) is 3.70. The average Bonchev–Trinajstić information content (AvgIpc) is 3.22. The first kappa shape index (κ1) is 17.6. The summed E-state index contributed by atoms with van der Waals surface area (Å²) in [6.07, 6.45) is 3.99. The van der Waals surface area contributed by atoms with Gasteiger partial charge in [0.1, 0.15) is 17.5 Å². The molecule has 0 amide bonds. The zero-order chi connectivity index (χ0) is 18.9. The van der Waals surface area contributed by atoms with E-state index in [9.17, 15) is 5.11 Å². The van der Waals surface area contributed by atoms with Crippen LogP contribution in [0.1, 0.15) is 11.1 Å².